The molecule has 0 unspecified atom stereocenters. The number of amides is 1. The summed E-state index contributed by atoms with van der Waals surface area (Å²) in [6, 6.07) is 2.19. The molecule has 1 aliphatic carbocycles. The van der Waals surface area contributed by atoms with Gasteiger partial charge in [0.2, 0.25) is 0 Å². The molecule has 0 aromatic carbocycles. The van der Waals surface area contributed by atoms with Crippen molar-refractivity contribution in [2.75, 3.05) is 54.4 Å². The van der Waals surface area contributed by atoms with Gasteiger partial charge in [-0.05, 0) is 91.4 Å². The van der Waals surface area contributed by atoms with Crippen LogP contribution in [0, 0.1) is 0 Å². The quantitative estimate of drug-likeness (QED) is 0.628. The van der Waals surface area contributed by atoms with Crippen molar-refractivity contribution in [2.45, 2.75) is 44.9 Å². The topological polar surface area (TPSA) is 26.8 Å². The second-order valence-corrected chi connectivity index (χ2v) is 8.86. The summed E-state index contributed by atoms with van der Waals surface area (Å²) < 4.78 is 0. The van der Waals surface area contributed by atoms with Gasteiger partial charge in [0, 0.05) is 18.0 Å². The molecule has 1 aliphatic rings. The van der Waals surface area contributed by atoms with Gasteiger partial charge in [0.1, 0.15) is 0 Å². The van der Waals surface area contributed by atoms with E-state index in [-0.39, 0.29) is 5.91 Å². The Bertz CT molecular complexity index is 502. The van der Waals surface area contributed by atoms with Crippen molar-refractivity contribution in [1.82, 2.24) is 14.7 Å². The molecule has 0 bridgehead atoms. The molecule has 1 amide bonds. The summed E-state index contributed by atoms with van der Waals surface area (Å²) in [7, 11) is 8.37. The molecule has 1 aromatic heterocycles. The molecular weight excluding hydrogens is 330 g/mol. The van der Waals surface area contributed by atoms with Crippen molar-refractivity contribution in [3.63, 3.8) is 0 Å². The molecule has 0 atom stereocenters. The van der Waals surface area contributed by atoms with Gasteiger partial charge in [-0.1, -0.05) is 6.42 Å². The van der Waals surface area contributed by atoms with E-state index in [4.69, 9.17) is 0 Å². The van der Waals surface area contributed by atoms with Gasteiger partial charge in [-0.3, -0.25) is 4.79 Å². The Morgan fingerprint density at radius 3 is 2.12 bits per heavy atom. The Morgan fingerprint density at radius 1 is 0.920 bits per heavy atom. The first-order valence-corrected chi connectivity index (χ1v) is 10.5. The fourth-order valence-corrected chi connectivity index (χ4v) is 4.62. The van der Waals surface area contributed by atoms with Crippen LogP contribution in [0.25, 0.3) is 0 Å². The summed E-state index contributed by atoms with van der Waals surface area (Å²) >= 11 is 1.75. The summed E-state index contributed by atoms with van der Waals surface area (Å²) in [4.78, 5) is 22.0. The zero-order valence-corrected chi connectivity index (χ0v) is 17.3. The maximum Gasteiger partial charge on any atom is 0.263 e. The van der Waals surface area contributed by atoms with E-state index < -0.39 is 0 Å². The van der Waals surface area contributed by atoms with Crippen LogP contribution in [0.5, 0.6) is 0 Å². The second kappa shape index (κ2) is 10.3. The summed E-state index contributed by atoms with van der Waals surface area (Å²) in [5.74, 6) is 0.246. The zero-order chi connectivity index (χ0) is 18.2. The van der Waals surface area contributed by atoms with E-state index >= 15 is 0 Å². The van der Waals surface area contributed by atoms with Crippen LogP contribution in [0.1, 0.15) is 52.2 Å². The molecule has 4 nitrogen and oxygen atoms in total. The van der Waals surface area contributed by atoms with Crippen molar-refractivity contribution in [3.8, 4) is 0 Å². The van der Waals surface area contributed by atoms with Crippen molar-refractivity contribution in [1.29, 1.82) is 0 Å². The predicted molar refractivity (Wildman–Crippen MR) is 108 cm³/mol. The Labute approximate surface area is 157 Å². The van der Waals surface area contributed by atoms with Gasteiger partial charge in [-0.15, -0.1) is 11.3 Å². The van der Waals surface area contributed by atoms with E-state index in [0.717, 1.165) is 56.7 Å². The molecule has 0 spiro atoms. The third kappa shape index (κ3) is 6.72. The number of carbonyl (C=O) groups excluding carboxylic acids is 1. The van der Waals surface area contributed by atoms with Crippen molar-refractivity contribution < 1.29 is 4.79 Å². The van der Waals surface area contributed by atoms with Gasteiger partial charge in [-0.2, -0.15) is 0 Å². The lowest BCUT2D eigenvalue weighted by molar-refractivity contribution is 0.0749. The first kappa shape index (κ1) is 20.4. The molecule has 1 aromatic rings. The number of hydrogen-bond acceptors (Lipinski definition) is 4. The van der Waals surface area contributed by atoms with Crippen molar-refractivity contribution in [3.05, 3.63) is 21.4 Å². The molecule has 0 radical (unpaired) electrons. The molecule has 0 saturated carbocycles. The molecule has 25 heavy (non-hydrogen) atoms. The number of hydrogen-bond donors (Lipinski definition) is 0. The van der Waals surface area contributed by atoms with E-state index in [9.17, 15) is 4.79 Å². The normalized spacial score (nSPS) is 14.6. The first-order chi connectivity index (χ1) is 12.0. The van der Waals surface area contributed by atoms with Crippen LogP contribution in [0.3, 0.4) is 0 Å². The summed E-state index contributed by atoms with van der Waals surface area (Å²) in [5, 5.41) is 0. The van der Waals surface area contributed by atoms with Crippen LogP contribution in [-0.4, -0.2) is 75.0 Å². The van der Waals surface area contributed by atoms with Crippen LogP contribution in [0.2, 0.25) is 0 Å². The molecule has 142 valence electrons. The Hall–Kier alpha value is -0.910. The highest BCUT2D eigenvalue weighted by Gasteiger charge is 2.21. The van der Waals surface area contributed by atoms with Crippen molar-refractivity contribution >= 4 is 17.2 Å². The highest BCUT2D eigenvalue weighted by atomic mass is 32.1. The molecule has 0 saturated heterocycles. The Kier molecular flexibility index (Phi) is 8.40. The van der Waals surface area contributed by atoms with Crippen LogP contribution in [-0.2, 0) is 12.8 Å². The van der Waals surface area contributed by atoms with Crippen LogP contribution < -0.4 is 0 Å². The van der Waals surface area contributed by atoms with E-state index in [1.165, 1.54) is 29.7 Å². The van der Waals surface area contributed by atoms with Crippen LogP contribution in [0.4, 0.5) is 0 Å². The SMILES string of the molecule is CN(C)CCCN(CCCN(C)C)C(=O)c1cc2c(s1)CCCCC2. The smallest absolute Gasteiger partial charge is 0.263 e. The maximum absolute atomic E-state index is 13.1. The van der Waals surface area contributed by atoms with E-state index in [1.54, 1.807) is 11.3 Å². The van der Waals surface area contributed by atoms with E-state index in [0.29, 0.717) is 0 Å². The molecule has 0 aliphatic heterocycles. The molecule has 0 fully saturated rings. The van der Waals surface area contributed by atoms with Crippen LogP contribution in [0.15, 0.2) is 6.07 Å². The monoisotopic (exact) mass is 365 g/mol. The van der Waals surface area contributed by atoms with Gasteiger partial charge in [-0.25, -0.2) is 0 Å². The molecule has 2 rings (SSSR count). The molecule has 5 heteroatoms. The number of rotatable bonds is 9. The second-order valence-electron chi connectivity index (χ2n) is 7.73. The lowest BCUT2D eigenvalue weighted by Gasteiger charge is -2.24. The van der Waals surface area contributed by atoms with Gasteiger partial charge in [0.05, 0.1) is 4.88 Å². The lowest BCUT2D eigenvalue weighted by Crippen LogP contribution is -2.35. The molecular formula is C20H35N3OS. The van der Waals surface area contributed by atoms with E-state index in [2.05, 4.69) is 49.0 Å². The minimum atomic E-state index is 0.246. The fourth-order valence-electron chi connectivity index (χ4n) is 3.40. The number of nitrogens with zero attached hydrogens (tertiary/aromatic N) is 3. The summed E-state index contributed by atoms with van der Waals surface area (Å²) in [6.07, 6.45) is 8.25. The maximum atomic E-state index is 13.1. The molecule has 0 N–H and O–H groups in total. The first-order valence-electron chi connectivity index (χ1n) is 9.67. The Balaban J connectivity index is 2.02. The zero-order valence-electron chi connectivity index (χ0n) is 16.5. The van der Waals surface area contributed by atoms with Gasteiger partial charge in [0.15, 0.2) is 0 Å². The van der Waals surface area contributed by atoms with Gasteiger partial charge < -0.3 is 14.7 Å². The minimum absolute atomic E-state index is 0.246. The third-order valence-corrected chi connectivity index (χ3v) is 6.04. The molecule has 1 heterocycles. The number of fused-ring (bicyclic) bond motifs is 1. The lowest BCUT2D eigenvalue weighted by atomic mass is 10.1. The minimum Gasteiger partial charge on any atom is -0.338 e. The predicted octanol–water partition coefficient (Wildman–Crippen LogP) is 3.36. The van der Waals surface area contributed by atoms with Crippen LogP contribution >= 0.6 is 11.3 Å². The Morgan fingerprint density at radius 2 is 1.52 bits per heavy atom. The highest BCUT2D eigenvalue weighted by Crippen LogP contribution is 2.29. The van der Waals surface area contributed by atoms with Gasteiger partial charge in [0.25, 0.3) is 5.91 Å². The summed E-state index contributed by atoms with van der Waals surface area (Å²) in [5.41, 5.74) is 1.44. The fraction of sp³-hybridized carbons (Fsp3) is 0.750. The number of carbonyl (C=O) groups is 1. The van der Waals surface area contributed by atoms with E-state index in [1.807, 2.05) is 0 Å². The number of aryl methyl sites for hydroxylation is 2. The van der Waals surface area contributed by atoms with Crippen molar-refractivity contribution in [2.24, 2.45) is 0 Å². The van der Waals surface area contributed by atoms with Gasteiger partial charge >= 0.3 is 0 Å². The third-order valence-electron chi connectivity index (χ3n) is 4.81. The largest absolute Gasteiger partial charge is 0.338 e. The average molecular weight is 366 g/mol. The summed E-state index contributed by atoms with van der Waals surface area (Å²) in [6.45, 7) is 3.76. The highest BCUT2D eigenvalue weighted by molar-refractivity contribution is 7.14. The number of thiophene rings is 1. The standard InChI is InChI=1S/C20H35N3OS/c1-21(2)12-8-14-23(15-9-13-22(3)4)20(24)19-16-17-10-6-5-7-11-18(17)25-19/h16H,5-15H2,1-4H3. The average Bonchev–Trinajstić information content (AvgIpc) is 2.83.